The second-order valence-corrected chi connectivity index (χ2v) is 4.99. The maximum absolute atomic E-state index is 5.80. The Morgan fingerprint density at radius 2 is 2.27 bits per heavy atom. The Bertz CT molecular complexity index is 753. The lowest BCUT2D eigenvalue weighted by Gasteiger charge is -2.16. The predicted octanol–water partition coefficient (Wildman–Crippen LogP) is 4.88. The van der Waals surface area contributed by atoms with Crippen molar-refractivity contribution in [2.45, 2.75) is 20.3 Å². The van der Waals surface area contributed by atoms with Gasteiger partial charge in [-0.2, -0.15) is 0 Å². The van der Waals surface area contributed by atoms with Crippen molar-refractivity contribution in [3.8, 4) is 0 Å². The number of fused-ring (bicyclic) bond motifs is 1. The number of anilines is 3. The lowest BCUT2D eigenvalue weighted by molar-refractivity contribution is 0.565. The van der Waals surface area contributed by atoms with Crippen molar-refractivity contribution in [3.05, 3.63) is 66.2 Å². The van der Waals surface area contributed by atoms with Crippen molar-refractivity contribution in [1.82, 2.24) is 4.98 Å². The Balaban J connectivity index is 1.85. The van der Waals surface area contributed by atoms with Crippen molar-refractivity contribution < 1.29 is 4.42 Å². The Labute approximate surface area is 130 Å². The van der Waals surface area contributed by atoms with Crippen LogP contribution in [0.1, 0.15) is 25.2 Å². The maximum Gasteiger partial charge on any atom is 0.299 e. The fourth-order valence-corrected chi connectivity index (χ4v) is 2.45. The molecule has 1 aliphatic rings. The third-order valence-electron chi connectivity index (χ3n) is 3.52. The standard InChI is InChI=1S/C18H19N3O/c1-3-7-13(4-2)16-12-20-18(22-16)21-15-10-5-8-14-9-6-11-19-17(14)15/h3-8,10-12,19H,9H2,1-2H3,(H,20,21)/b7-3-,13-4+. The third-order valence-corrected chi connectivity index (χ3v) is 3.52. The number of aromatic nitrogens is 1. The number of rotatable bonds is 4. The van der Waals surface area contributed by atoms with Gasteiger partial charge < -0.3 is 15.1 Å². The van der Waals surface area contributed by atoms with E-state index in [9.17, 15) is 0 Å². The minimum absolute atomic E-state index is 0.489. The highest BCUT2D eigenvalue weighted by molar-refractivity contribution is 5.77. The molecule has 0 unspecified atom stereocenters. The molecule has 0 fully saturated rings. The molecule has 4 heteroatoms. The molecule has 1 aromatic carbocycles. The van der Waals surface area contributed by atoms with Gasteiger partial charge in [0.15, 0.2) is 5.76 Å². The van der Waals surface area contributed by atoms with E-state index < -0.39 is 0 Å². The molecular formula is C18H19N3O. The molecule has 3 rings (SSSR count). The summed E-state index contributed by atoms with van der Waals surface area (Å²) in [6.45, 7) is 3.96. The first-order chi connectivity index (χ1) is 10.8. The molecule has 1 aromatic heterocycles. The monoisotopic (exact) mass is 293 g/mol. The Morgan fingerprint density at radius 3 is 3.09 bits per heavy atom. The molecule has 4 nitrogen and oxygen atoms in total. The van der Waals surface area contributed by atoms with E-state index in [-0.39, 0.29) is 0 Å². The Hall–Kier alpha value is -2.75. The van der Waals surface area contributed by atoms with E-state index in [0.29, 0.717) is 6.01 Å². The van der Waals surface area contributed by atoms with Crippen LogP contribution < -0.4 is 10.6 Å². The van der Waals surface area contributed by atoms with Gasteiger partial charge in [0.05, 0.1) is 17.6 Å². The van der Waals surface area contributed by atoms with Crippen LogP contribution in [0.4, 0.5) is 17.4 Å². The minimum Gasteiger partial charge on any atom is -0.423 e. The van der Waals surface area contributed by atoms with Crippen molar-refractivity contribution in [2.24, 2.45) is 0 Å². The lowest BCUT2D eigenvalue weighted by Crippen LogP contribution is -2.03. The van der Waals surface area contributed by atoms with E-state index in [1.807, 2.05) is 50.4 Å². The summed E-state index contributed by atoms with van der Waals surface area (Å²) >= 11 is 0. The molecule has 0 aliphatic carbocycles. The average Bonchev–Trinajstić information content (AvgIpc) is 3.01. The molecule has 2 N–H and O–H groups in total. The van der Waals surface area contributed by atoms with E-state index in [2.05, 4.69) is 27.8 Å². The van der Waals surface area contributed by atoms with Crippen molar-refractivity contribution in [3.63, 3.8) is 0 Å². The van der Waals surface area contributed by atoms with Crippen LogP contribution in [0.15, 0.2) is 59.3 Å². The summed E-state index contributed by atoms with van der Waals surface area (Å²) in [4.78, 5) is 4.31. The van der Waals surface area contributed by atoms with Crippen LogP contribution in [-0.4, -0.2) is 4.98 Å². The zero-order chi connectivity index (χ0) is 15.4. The van der Waals surface area contributed by atoms with Crippen molar-refractivity contribution in [2.75, 3.05) is 10.6 Å². The van der Waals surface area contributed by atoms with Crippen LogP contribution in [0.3, 0.4) is 0 Å². The summed E-state index contributed by atoms with van der Waals surface area (Å²) in [5.74, 6) is 0.751. The van der Waals surface area contributed by atoms with Crippen LogP contribution in [0.2, 0.25) is 0 Å². The van der Waals surface area contributed by atoms with E-state index in [1.54, 1.807) is 6.20 Å². The van der Waals surface area contributed by atoms with E-state index in [0.717, 1.165) is 29.1 Å². The maximum atomic E-state index is 5.80. The number of hydrogen-bond donors (Lipinski definition) is 2. The summed E-state index contributed by atoms with van der Waals surface area (Å²) in [5, 5.41) is 6.53. The number of hydrogen-bond acceptors (Lipinski definition) is 4. The first-order valence-electron chi connectivity index (χ1n) is 7.37. The summed E-state index contributed by atoms with van der Waals surface area (Å²) < 4.78 is 5.80. The molecule has 0 radical (unpaired) electrons. The molecule has 0 saturated carbocycles. The van der Waals surface area contributed by atoms with Gasteiger partial charge in [-0.05, 0) is 38.1 Å². The zero-order valence-electron chi connectivity index (χ0n) is 12.8. The molecule has 22 heavy (non-hydrogen) atoms. The quantitative estimate of drug-likeness (QED) is 0.789. The summed E-state index contributed by atoms with van der Waals surface area (Å²) in [6, 6.07) is 6.64. The van der Waals surface area contributed by atoms with E-state index in [4.69, 9.17) is 4.42 Å². The second-order valence-electron chi connectivity index (χ2n) is 4.99. The highest BCUT2D eigenvalue weighted by Gasteiger charge is 2.12. The summed E-state index contributed by atoms with van der Waals surface area (Å²) in [6.07, 6.45) is 12.7. The average molecular weight is 293 g/mol. The third kappa shape index (κ3) is 2.81. The zero-order valence-corrected chi connectivity index (χ0v) is 12.8. The molecular weight excluding hydrogens is 274 g/mol. The fourth-order valence-electron chi connectivity index (χ4n) is 2.45. The fraction of sp³-hybridized carbons (Fsp3) is 0.167. The van der Waals surface area contributed by atoms with Gasteiger partial charge >= 0.3 is 0 Å². The first-order valence-corrected chi connectivity index (χ1v) is 7.37. The van der Waals surface area contributed by atoms with Gasteiger partial charge in [0, 0.05) is 5.57 Å². The van der Waals surface area contributed by atoms with Gasteiger partial charge in [0.25, 0.3) is 6.01 Å². The number of allylic oxidation sites excluding steroid dienone is 5. The minimum atomic E-state index is 0.489. The molecule has 2 aromatic rings. The molecule has 112 valence electrons. The van der Waals surface area contributed by atoms with E-state index in [1.165, 1.54) is 5.56 Å². The number of para-hydroxylation sites is 1. The number of oxazole rings is 1. The van der Waals surface area contributed by atoms with Crippen molar-refractivity contribution >= 4 is 23.0 Å². The smallest absolute Gasteiger partial charge is 0.299 e. The van der Waals surface area contributed by atoms with Crippen LogP contribution in [0, 0.1) is 0 Å². The predicted molar refractivity (Wildman–Crippen MR) is 91.2 cm³/mol. The molecule has 2 heterocycles. The summed E-state index contributed by atoms with van der Waals surface area (Å²) in [7, 11) is 0. The van der Waals surface area contributed by atoms with Crippen LogP contribution in [0.5, 0.6) is 0 Å². The van der Waals surface area contributed by atoms with Gasteiger partial charge in [0.1, 0.15) is 0 Å². The molecule has 0 saturated heterocycles. The first kappa shape index (κ1) is 14.2. The Morgan fingerprint density at radius 1 is 1.36 bits per heavy atom. The SMILES string of the molecule is C/C=C\C(=C/C)c1cnc(Nc2cccc3c2NC=CC3)o1. The highest BCUT2D eigenvalue weighted by atomic mass is 16.4. The lowest BCUT2D eigenvalue weighted by atomic mass is 10.1. The molecule has 0 spiro atoms. The largest absolute Gasteiger partial charge is 0.423 e. The van der Waals surface area contributed by atoms with Crippen molar-refractivity contribution in [1.29, 1.82) is 0 Å². The highest BCUT2D eigenvalue weighted by Crippen LogP contribution is 2.32. The van der Waals surface area contributed by atoms with Crippen LogP contribution in [0.25, 0.3) is 5.57 Å². The topological polar surface area (TPSA) is 50.1 Å². The van der Waals surface area contributed by atoms with Gasteiger partial charge in [0.2, 0.25) is 0 Å². The molecule has 0 amide bonds. The Kier molecular flexibility index (Phi) is 4.10. The van der Waals surface area contributed by atoms with Gasteiger partial charge in [-0.3, -0.25) is 0 Å². The van der Waals surface area contributed by atoms with Crippen LogP contribution >= 0.6 is 0 Å². The number of benzene rings is 1. The summed E-state index contributed by atoms with van der Waals surface area (Å²) in [5.41, 5.74) is 4.30. The number of nitrogens with one attached hydrogen (secondary N) is 2. The number of nitrogens with zero attached hydrogens (tertiary/aromatic N) is 1. The molecule has 0 atom stereocenters. The molecule has 0 bridgehead atoms. The van der Waals surface area contributed by atoms with Gasteiger partial charge in [-0.1, -0.05) is 36.4 Å². The van der Waals surface area contributed by atoms with Gasteiger partial charge in [-0.25, -0.2) is 4.98 Å². The van der Waals surface area contributed by atoms with E-state index >= 15 is 0 Å². The normalized spacial score (nSPS) is 14.0. The van der Waals surface area contributed by atoms with Crippen LogP contribution in [-0.2, 0) is 6.42 Å². The molecule has 1 aliphatic heterocycles. The van der Waals surface area contributed by atoms with Gasteiger partial charge in [-0.15, -0.1) is 0 Å². The second kappa shape index (κ2) is 6.35.